The summed E-state index contributed by atoms with van der Waals surface area (Å²) in [6, 6.07) is 4.61. The fourth-order valence-corrected chi connectivity index (χ4v) is 12.8. The van der Waals surface area contributed by atoms with E-state index >= 15 is 0 Å². The molecule has 1 fully saturated rings. The number of thiazole rings is 1. The second kappa shape index (κ2) is 69.5. The predicted octanol–water partition coefficient (Wildman–Crippen LogP) is 6.64. The molecule has 0 radical (unpaired) electrons. The molecule has 0 bridgehead atoms. The van der Waals surface area contributed by atoms with Gasteiger partial charge in [-0.3, -0.25) is 19.2 Å². The molecule has 4 atom stereocenters. The monoisotopic (exact) mass is 1760 g/mol. The van der Waals surface area contributed by atoms with Gasteiger partial charge in [-0.2, -0.15) is 0 Å². The molecule has 0 spiro atoms. The first-order valence-corrected chi connectivity index (χ1v) is 45.9. The predicted molar refractivity (Wildman–Crippen MR) is 450 cm³/mol. The van der Waals surface area contributed by atoms with Crippen molar-refractivity contribution in [2.45, 2.75) is 136 Å². The fourth-order valence-electron chi connectivity index (χ4n) is 10.6. The summed E-state index contributed by atoms with van der Waals surface area (Å²) in [7, 11) is -0.754. The van der Waals surface area contributed by atoms with E-state index in [0.29, 0.717) is 283 Å². The molecule has 1 aliphatic rings. The van der Waals surface area contributed by atoms with Crippen LogP contribution in [-0.4, -0.2) is 383 Å². The maximum atomic E-state index is 14.8. The van der Waals surface area contributed by atoms with E-state index in [2.05, 4.69) is 54.8 Å². The van der Waals surface area contributed by atoms with E-state index in [0.717, 1.165) is 16.1 Å². The van der Waals surface area contributed by atoms with Gasteiger partial charge in [0.2, 0.25) is 17.7 Å². The number of esters is 1. The molecule has 37 heteroatoms. The van der Waals surface area contributed by atoms with Gasteiger partial charge < -0.3 is 139 Å². The highest BCUT2D eigenvalue weighted by atomic mass is 32.1. The van der Waals surface area contributed by atoms with Crippen LogP contribution in [-0.2, 0) is 137 Å². The molecule has 1 aromatic heterocycles. The van der Waals surface area contributed by atoms with Crippen molar-refractivity contribution in [2.24, 2.45) is 5.41 Å². The maximum absolute atomic E-state index is 14.8. The molecule has 0 unspecified atom stereocenters. The van der Waals surface area contributed by atoms with E-state index < -0.39 is 67.4 Å². The number of amides is 4. The summed E-state index contributed by atoms with van der Waals surface area (Å²) in [5.74, 6) is -1.95. The SMILES string of the molecule is COCCOCCOCCOCCOCCOCCOCCOCCOCCOCCOCCOCCOCCOCCOCCOCCOCCOCCOCCOCCOCCOCCNC(=O)CCC(=O)OC[C@H](NC(=O)[C@@H]1C[C@@H](O[Si](C)(C)C(C)(C)C)CN1C(=O)[C@@H](NC(=O)OC(C)(C)C)C(C)(C)C)c1ccc(-c2scnc2C)cc1. The summed E-state index contributed by atoms with van der Waals surface area (Å²) in [6.07, 6.45) is -1.39. The van der Waals surface area contributed by atoms with E-state index in [-0.39, 0.29) is 56.5 Å². The maximum Gasteiger partial charge on any atom is 0.408 e. The van der Waals surface area contributed by atoms with Crippen molar-refractivity contribution in [2.75, 3.05) is 311 Å². The Morgan fingerprint density at radius 2 is 0.800 bits per heavy atom. The first-order valence-electron chi connectivity index (χ1n) is 42.1. The third-order valence-electron chi connectivity index (χ3n) is 17.9. The summed E-state index contributed by atoms with van der Waals surface area (Å²) in [4.78, 5) is 75.7. The van der Waals surface area contributed by atoms with Crippen LogP contribution in [0.25, 0.3) is 10.4 Å². The quantitative estimate of drug-likeness (QED) is 0.0355. The lowest BCUT2D eigenvalue weighted by Gasteiger charge is -2.38. The first-order chi connectivity index (χ1) is 57.8. The van der Waals surface area contributed by atoms with E-state index in [1.165, 1.54) is 16.2 Å². The molecule has 3 N–H and O–H groups in total. The Bertz CT molecular complexity index is 2860. The molecule has 35 nitrogen and oxygen atoms in total. The number of methoxy groups -OCH3 is 1. The number of alkyl carbamates (subject to hydrolysis) is 1. The second-order valence-electron chi connectivity index (χ2n) is 31.0. The molecule has 0 aliphatic carbocycles. The molecule has 2 heterocycles. The van der Waals surface area contributed by atoms with Gasteiger partial charge in [-0.15, -0.1) is 11.3 Å². The summed E-state index contributed by atoms with van der Waals surface area (Å²) in [6.45, 7) is 43.1. The van der Waals surface area contributed by atoms with Crippen LogP contribution in [0.5, 0.6) is 0 Å². The molecule has 0 saturated carbocycles. The Hall–Kier alpha value is -4.70. The molecule has 1 aliphatic heterocycles. The number of carbonyl (C=O) groups is 5. The molecule has 3 rings (SSSR count). The molecule has 2 aromatic rings. The average molecular weight is 1760 g/mol. The number of hydrogen-bond donors (Lipinski definition) is 3. The van der Waals surface area contributed by atoms with Gasteiger partial charge in [-0.1, -0.05) is 65.8 Å². The summed E-state index contributed by atoms with van der Waals surface area (Å²) in [5.41, 5.74) is 2.62. The Kier molecular flexibility index (Phi) is 63.4. The summed E-state index contributed by atoms with van der Waals surface area (Å²) in [5, 5.41) is 8.49. The van der Waals surface area contributed by atoms with Crippen LogP contribution in [0, 0.1) is 12.3 Å². The summed E-state index contributed by atoms with van der Waals surface area (Å²) >= 11 is 1.51. The second-order valence-corrected chi connectivity index (χ2v) is 36.6. The third kappa shape index (κ3) is 57.0. The standard InChI is InChI=1S/C83H149N5O30SSi/c1-68-76(119-67-85-68)70-16-14-69(15-17-70)72(86-78(91)73-64-71(118-120(12,13)83(8,9)10)65-88(73)79(92)77(81(2,3)4)87-80(93)117-82(5,6)7)66-116-75(90)19-18-74(89)84-20-21-95-24-25-97-28-29-99-32-33-101-36-37-103-40-41-105-44-45-107-48-49-109-52-53-111-56-57-113-60-61-115-63-62-114-59-58-112-55-54-110-51-50-108-47-46-106-43-42-104-39-38-102-35-34-100-31-30-98-27-26-96-23-22-94-11/h14-17,67,71-73,77H,18-66H2,1-13H3,(H,84,89)(H,86,91)(H,87,93)/t71-,72+,73+,77-/m1/s1. The van der Waals surface area contributed by atoms with Crippen LogP contribution in [0.1, 0.15) is 98.9 Å². The smallest absolute Gasteiger partial charge is 0.408 e. The topological polar surface area (TPSA) is 368 Å². The van der Waals surface area contributed by atoms with Crippen molar-refractivity contribution in [3.63, 3.8) is 0 Å². The van der Waals surface area contributed by atoms with Crippen molar-refractivity contribution in [3.05, 3.63) is 41.0 Å². The van der Waals surface area contributed by atoms with Gasteiger partial charge in [-0.25, -0.2) is 9.78 Å². The number of aryl methyl sites for hydroxylation is 1. The van der Waals surface area contributed by atoms with E-state index in [1.54, 1.807) is 33.4 Å². The van der Waals surface area contributed by atoms with Crippen LogP contribution in [0.4, 0.5) is 4.79 Å². The Morgan fingerprint density at radius 3 is 1.10 bits per heavy atom. The average Bonchev–Trinajstić information content (AvgIpc) is 1.63. The Balaban J connectivity index is 1.06. The lowest BCUT2D eigenvalue weighted by Crippen LogP contribution is -2.58. The van der Waals surface area contributed by atoms with Crippen LogP contribution in [0.2, 0.25) is 18.1 Å². The zero-order valence-electron chi connectivity index (χ0n) is 74.4. The highest BCUT2D eigenvalue weighted by Gasteiger charge is 2.49. The van der Waals surface area contributed by atoms with Gasteiger partial charge >= 0.3 is 12.1 Å². The number of ether oxygens (including phenoxy) is 24. The van der Waals surface area contributed by atoms with Crippen LogP contribution >= 0.6 is 11.3 Å². The molecule has 696 valence electrons. The molecular weight excluding hydrogens is 1610 g/mol. The highest BCUT2D eigenvalue weighted by Crippen LogP contribution is 2.40. The van der Waals surface area contributed by atoms with Gasteiger partial charge in [-0.05, 0) is 62.4 Å². The molecule has 1 aromatic carbocycles. The zero-order chi connectivity index (χ0) is 87.5. The van der Waals surface area contributed by atoms with Crippen molar-refractivity contribution in [1.82, 2.24) is 25.8 Å². The lowest BCUT2D eigenvalue weighted by atomic mass is 9.85. The number of rotatable bonds is 79. The lowest BCUT2D eigenvalue weighted by molar-refractivity contribution is -0.146. The van der Waals surface area contributed by atoms with Crippen molar-refractivity contribution < 1.29 is 142 Å². The number of nitrogens with zero attached hydrogens (tertiary/aromatic N) is 2. The van der Waals surface area contributed by atoms with Crippen molar-refractivity contribution >= 4 is 49.4 Å². The number of hydrogen-bond acceptors (Lipinski definition) is 32. The van der Waals surface area contributed by atoms with Crippen molar-refractivity contribution in [1.29, 1.82) is 0 Å². The molecule has 4 amide bonds. The summed E-state index contributed by atoms with van der Waals surface area (Å²) < 4.78 is 139. The number of nitrogens with one attached hydrogen (secondary N) is 3. The van der Waals surface area contributed by atoms with E-state index in [1.807, 2.05) is 52.0 Å². The van der Waals surface area contributed by atoms with E-state index in [4.69, 9.17) is 118 Å². The minimum absolute atomic E-state index is 0.112. The van der Waals surface area contributed by atoms with Gasteiger partial charge in [0, 0.05) is 33.0 Å². The minimum Gasteiger partial charge on any atom is -0.463 e. The van der Waals surface area contributed by atoms with Gasteiger partial charge in [0.15, 0.2) is 8.32 Å². The largest absolute Gasteiger partial charge is 0.463 e. The zero-order valence-corrected chi connectivity index (χ0v) is 76.2. The fraction of sp³-hybridized carbons (Fsp3) is 0.831. The Morgan fingerprint density at radius 1 is 0.467 bits per heavy atom. The molecule has 120 heavy (non-hydrogen) atoms. The van der Waals surface area contributed by atoms with Crippen LogP contribution in [0.3, 0.4) is 0 Å². The Labute approximate surface area is 718 Å². The number of benzene rings is 1. The van der Waals surface area contributed by atoms with Gasteiger partial charge in [0.05, 0.1) is 319 Å². The highest BCUT2D eigenvalue weighted by molar-refractivity contribution is 7.13. The van der Waals surface area contributed by atoms with Crippen LogP contribution < -0.4 is 16.0 Å². The van der Waals surface area contributed by atoms with Gasteiger partial charge in [0.1, 0.15) is 24.3 Å². The number of carbonyl (C=O) groups excluding carboxylic acids is 5. The van der Waals surface area contributed by atoms with Crippen molar-refractivity contribution in [3.8, 4) is 10.4 Å². The molecular formula is C83H149N5O30SSi. The van der Waals surface area contributed by atoms with Crippen LogP contribution in [0.15, 0.2) is 29.8 Å². The third-order valence-corrected chi connectivity index (χ3v) is 23.4. The normalized spacial score (nSPS) is 14.6. The minimum atomic E-state index is -2.40. The number of likely N-dealkylation sites (tertiary alicyclic amines) is 1. The van der Waals surface area contributed by atoms with Gasteiger partial charge in [0.25, 0.3) is 0 Å². The number of aromatic nitrogens is 1. The first kappa shape index (κ1) is 109. The van der Waals surface area contributed by atoms with E-state index in [9.17, 15) is 24.0 Å². The molecule has 1 saturated heterocycles.